The van der Waals surface area contributed by atoms with Crippen molar-refractivity contribution < 1.29 is 0 Å². The van der Waals surface area contributed by atoms with Gasteiger partial charge in [-0.15, -0.1) is 6.58 Å². The highest BCUT2D eigenvalue weighted by Crippen LogP contribution is 2.52. The van der Waals surface area contributed by atoms with Crippen LogP contribution in [-0.4, -0.2) is 16.1 Å². The first-order valence-electron chi connectivity index (χ1n) is 6.75. The minimum atomic E-state index is 0.538. The number of rotatable bonds is 5. The number of anilines is 1. The van der Waals surface area contributed by atoms with Crippen LogP contribution in [0.15, 0.2) is 49.2 Å². The summed E-state index contributed by atoms with van der Waals surface area (Å²) in [6, 6.07) is 11.3. The third kappa shape index (κ3) is 2.41. The van der Waals surface area contributed by atoms with Crippen LogP contribution >= 0.6 is 0 Å². The Morgan fingerprint density at radius 1 is 1.42 bits per heavy atom. The molecule has 0 spiro atoms. The molecule has 3 nitrogen and oxygen atoms in total. The predicted molar refractivity (Wildman–Crippen MR) is 78.5 cm³/mol. The van der Waals surface area contributed by atoms with Crippen molar-refractivity contribution >= 4 is 5.95 Å². The number of nitrogens with zero attached hydrogens (tertiary/aromatic N) is 2. The maximum Gasteiger partial charge on any atom is 0.203 e. The van der Waals surface area contributed by atoms with E-state index in [1.165, 1.54) is 12.0 Å². The minimum absolute atomic E-state index is 0.538. The molecule has 98 valence electrons. The van der Waals surface area contributed by atoms with Gasteiger partial charge in [-0.25, -0.2) is 4.98 Å². The van der Waals surface area contributed by atoms with Crippen LogP contribution in [0.3, 0.4) is 0 Å². The third-order valence-corrected chi connectivity index (χ3v) is 3.60. The Bertz CT molecular complexity index is 571. The maximum atomic E-state index is 4.54. The van der Waals surface area contributed by atoms with Crippen molar-refractivity contribution in [1.82, 2.24) is 9.55 Å². The molecule has 1 aromatic carbocycles. The smallest absolute Gasteiger partial charge is 0.203 e. The number of aromatic nitrogens is 2. The quantitative estimate of drug-likeness (QED) is 0.826. The van der Waals surface area contributed by atoms with E-state index in [0.29, 0.717) is 12.0 Å². The van der Waals surface area contributed by atoms with Crippen LogP contribution in [0.2, 0.25) is 0 Å². The SMILES string of the molecule is C=CCNc1nc(C)cn1C1CC1c1ccccc1. The molecule has 0 bridgehead atoms. The fraction of sp³-hybridized carbons (Fsp3) is 0.312. The second kappa shape index (κ2) is 4.92. The largest absolute Gasteiger partial charge is 0.352 e. The van der Waals surface area contributed by atoms with E-state index in [1.807, 2.05) is 13.0 Å². The van der Waals surface area contributed by atoms with Gasteiger partial charge in [0.2, 0.25) is 5.95 Å². The van der Waals surface area contributed by atoms with E-state index in [-0.39, 0.29) is 0 Å². The van der Waals surface area contributed by atoms with E-state index in [1.54, 1.807) is 0 Å². The molecule has 1 aliphatic carbocycles. The van der Waals surface area contributed by atoms with Crippen molar-refractivity contribution in [2.45, 2.75) is 25.3 Å². The van der Waals surface area contributed by atoms with Gasteiger partial charge in [0.15, 0.2) is 0 Å². The minimum Gasteiger partial charge on any atom is -0.352 e. The van der Waals surface area contributed by atoms with Crippen LogP contribution in [0, 0.1) is 6.92 Å². The van der Waals surface area contributed by atoms with Crippen molar-refractivity contribution in [2.24, 2.45) is 0 Å². The summed E-state index contributed by atoms with van der Waals surface area (Å²) in [4.78, 5) is 4.54. The molecule has 1 saturated carbocycles. The lowest BCUT2D eigenvalue weighted by molar-refractivity contribution is 0.722. The van der Waals surface area contributed by atoms with Crippen LogP contribution in [-0.2, 0) is 0 Å². The first kappa shape index (κ1) is 12.0. The number of imidazole rings is 1. The number of hydrogen-bond donors (Lipinski definition) is 1. The Morgan fingerprint density at radius 2 is 2.21 bits per heavy atom. The molecule has 3 rings (SSSR count). The molecule has 2 unspecified atom stereocenters. The lowest BCUT2D eigenvalue weighted by Crippen LogP contribution is -2.06. The zero-order valence-corrected chi connectivity index (χ0v) is 11.2. The lowest BCUT2D eigenvalue weighted by atomic mass is 10.1. The van der Waals surface area contributed by atoms with Gasteiger partial charge in [-0.3, -0.25) is 0 Å². The fourth-order valence-corrected chi connectivity index (χ4v) is 2.61. The number of hydrogen-bond acceptors (Lipinski definition) is 2. The van der Waals surface area contributed by atoms with Crippen LogP contribution in [0.5, 0.6) is 0 Å². The molecular weight excluding hydrogens is 234 g/mol. The van der Waals surface area contributed by atoms with E-state index >= 15 is 0 Å². The molecule has 2 atom stereocenters. The molecule has 1 N–H and O–H groups in total. The summed E-state index contributed by atoms with van der Waals surface area (Å²) in [6.07, 6.45) is 5.19. The second-order valence-electron chi connectivity index (χ2n) is 5.10. The normalized spacial score (nSPS) is 21.1. The van der Waals surface area contributed by atoms with Gasteiger partial charge < -0.3 is 9.88 Å². The zero-order chi connectivity index (χ0) is 13.2. The van der Waals surface area contributed by atoms with Crippen LogP contribution in [0.25, 0.3) is 0 Å². The summed E-state index contributed by atoms with van der Waals surface area (Å²) >= 11 is 0. The van der Waals surface area contributed by atoms with E-state index in [0.717, 1.165) is 18.2 Å². The Morgan fingerprint density at radius 3 is 2.95 bits per heavy atom. The Hall–Kier alpha value is -2.03. The molecule has 0 saturated heterocycles. The van der Waals surface area contributed by atoms with Crippen LogP contribution in [0.4, 0.5) is 5.95 Å². The van der Waals surface area contributed by atoms with Gasteiger partial charge in [0.1, 0.15) is 0 Å². The van der Waals surface area contributed by atoms with Gasteiger partial charge in [-0.2, -0.15) is 0 Å². The average molecular weight is 253 g/mol. The standard InChI is InChI=1S/C16H19N3/c1-3-9-17-16-18-12(2)11-19(16)15-10-14(15)13-7-5-4-6-8-13/h3-8,11,14-15H,1,9-10H2,2H3,(H,17,18). The van der Waals surface area contributed by atoms with E-state index in [2.05, 4.69) is 58.0 Å². The van der Waals surface area contributed by atoms with Crippen LogP contribution < -0.4 is 5.32 Å². The fourth-order valence-electron chi connectivity index (χ4n) is 2.61. The molecule has 0 aliphatic heterocycles. The van der Waals surface area contributed by atoms with Gasteiger partial charge in [0.05, 0.1) is 5.69 Å². The summed E-state index contributed by atoms with van der Waals surface area (Å²) in [5.41, 5.74) is 2.48. The molecule has 0 amide bonds. The first-order valence-corrected chi connectivity index (χ1v) is 6.75. The molecule has 1 heterocycles. The zero-order valence-electron chi connectivity index (χ0n) is 11.2. The Kier molecular flexibility index (Phi) is 3.11. The molecule has 1 aliphatic rings. The number of benzene rings is 1. The molecule has 0 radical (unpaired) electrons. The summed E-state index contributed by atoms with van der Waals surface area (Å²) in [6.45, 7) is 6.52. The monoisotopic (exact) mass is 253 g/mol. The molecule has 2 aromatic rings. The summed E-state index contributed by atoms with van der Waals surface area (Å²) in [5.74, 6) is 1.58. The van der Waals surface area contributed by atoms with E-state index in [4.69, 9.17) is 0 Å². The van der Waals surface area contributed by atoms with Crippen molar-refractivity contribution in [3.8, 4) is 0 Å². The molecule has 3 heteroatoms. The Balaban J connectivity index is 1.79. The maximum absolute atomic E-state index is 4.54. The Labute approximate surface area is 114 Å². The van der Waals surface area contributed by atoms with Gasteiger partial charge >= 0.3 is 0 Å². The first-order chi connectivity index (χ1) is 9.29. The predicted octanol–water partition coefficient (Wildman–Crippen LogP) is 3.52. The van der Waals surface area contributed by atoms with E-state index in [9.17, 15) is 0 Å². The van der Waals surface area contributed by atoms with Gasteiger partial charge in [0, 0.05) is 24.7 Å². The van der Waals surface area contributed by atoms with Gasteiger partial charge in [0.25, 0.3) is 0 Å². The third-order valence-electron chi connectivity index (χ3n) is 3.60. The molecular formula is C16H19N3. The van der Waals surface area contributed by atoms with Crippen molar-refractivity contribution in [1.29, 1.82) is 0 Å². The summed E-state index contributed by atoms with van der Waals surface area (Å²) < 4.78 is 2.27. The van der Waals surface area contributed by atoms with Crippen molar-refractivity contribution in [3.05, 3.63) is 60.4 Å². The van der Waals surface area contributed by atoms with Gasteiger partial charge in [-0.1, -0.05) is 36.4 Å². The number of aryl methyl sites for hydroxylation is 1. The van der Waals surface area contributed by atoms with E-state index < -0.39 is 0 Å². The molecule has 19 heavy (non-hydrogen) atoms. The lowest BCUT2D eigenvalue weighted by Gasteiger charge is -2.08. The highest BCUT2D eigenvalue weighted by Gasteiger charge is 2.40. The average Bonchev–Trinajstić information content (AvgIpc) is 3.15. The van der Waals surface area contributed by atoms with Crippen LogP contribution in [0.1, 0.15) is 29.6 Å². The van der Waals surface area contributed by atoms with Crippen molar-refractivity contribution in [3.63, 3.8) is 0 Å². The number of nitrogens with one attached hydrogen (secondary N) is 1. The van der Waals surface area contributed by atoms with Crippen molar-refractivity contribution in [2.75, 3.05) is 11.9 Å². The topological polar surface area (TPSA) is 29.9 Å². The summed E-state index contributed by atoms with van der Waals surface area (Å²) in [7, 11) is 0. The summed E-state index contributed by atoms with van der Waals surface area (Å²) in [5, 5.41) is 3.31. The second-order valence-corrected chi connectivity index (χ2v) is 5.10. The molecule has 1 fully saturated rings. The highest BCUT2D eigenvalue weighted by molar-refractivity contribution is 5.35. The molecule has 1 aromatic heterocycles. The van der Waals surface area contributed by atoms with Gasteiger partial charge in [-0.05, 0) is 18.9 Å². The highest BCUT2D eigenvalue weighted by atomic mass is 15.2.